The third-order valence-electron chi connectivity index (χ3n) is 4.57. The summed E-state index contributed by atoms with van der Waals surface area (Å²) in [6, 6.07) is 5.35. The van der Waals surface area contributed by atoms with Crippen molar-refractivity contribution in [3.63, 3.8) is 0 Å². The number of aliphatic hydroxyl groups is 1. The van der Waals surface area contributed by atoms with Gasteiger partial charge in [-0.1, -0.05) is 0 Å². The Hall–Kier alpha value is -2.51. The van der Waals surface area contributed by atoms with E-state index in [-0.39, 0.29) is 6.61 Å². The highest BCUT2D eigenvalue weighted by molar-refractivity contribution is 6.00. The number of methoxy groups -OCH3 is 3. The van der Waals surface area contributed by atoms with Gasteiger partial charge in [0.15, 0.2) is 11.5 Å². The third-order valence-corrected chi connectivity index (χ3v) is 4.57. The third kappa shape index (κ3) is 3.15. The predicted molar refractivity (Wildman–Crippen MR) is 97.2 cm³/mol. The molecule has 0 unspecified atom stereocenters. The number of fused-ring (bicyclic) bond motifs is 2. The van der Waals surface area contributed by atoms with E-state index in [1.165, 1.54) is 0 Å². The highest BCUT2D eigenvalue weighted by atomic mass is 16.5. The van der Waals surface area contributed by atoms with Crippen molar-refractivity contribution < 1.29 is 28.5 Å². The van der Waals surface area contributed by atoms with Crippen molar-refractivity contribution in [1.82, 2.24) is 4.98 Å². The van der Waals surface area contributed by atoms with E-state index < -0.39 is 11.7 Å². The lowest BCUT2D eigenvalue weighted by atomic mass is 10.0. The number of hydrogen-bond acceptors (Lipinski definition) is 7. The minimum atomic E-state index is -0.815. The zero-order valence-electron chi connectivity index (χ0n) is 15.5. The predicted octanol–water partition coefficient (Wildman–Crippen LogP) is 3.16. The number of rotatable bonds is 7. The lowest BCUT2D eigenvalue weighted by Gasteiger charge is -2.29. The van der Waals surface area contributed by atoms with E-state index in [1.54, 1.807) is 59.6 Å². The molecule has 0 fully saturated rings. The quantitative estimate of drug-likeness (QED) is 0.692. The summed E-state index contributed by atoms with van der Waals surface area (Å²) in [6.45, 7) is 3.63. The molecular weight excluding hydrogens is 338 g/mol. The molecule has 0 saturated carbocycles. The molecule has 7 heteroatoms. The van der Waals surface area contributed by atoms with Crippen LogP contribution in [0.1, 0.15) is 13.8 Å². The highest BCUT2D eigenvalue weighted by Gasteiger charge is 2.28. The maximum Gasteiger partial charge on any atom is 0.230 e. The summed E-state index contributed by atoms with van der Waals surface area (Å²) < 4.78 is 27.5. The number of hydrogen-bond donors (Lipinski definition) is 1. The summed E-state index contributed by atoms with van der Waals surface area (Å²) in [6.07, 6.45) is 0.751. The van der Waals surface area contributed by atoms with Gasteiger partial charge in [-0.05, 0) is 26.0 Å². The first kappa shape index (κ1) is 18.3. The molecule has 0 saturated heterocycles. The van der Waals surface area contributed by atoms with E-state index in [9.17, 15) is 5.11 Å². The molecule has 0 bridgehead atoms. The number of aliphatic hydroxyl groups excluding tert-OH is 1. The second-order valence-corrected chi connectivity index (χ2v) is 6.44. The van der Waals surface area contributed by atoms with E-state index in [1.807, 2.05) is 0 Å². The Morgan fingerprint density at radius 2 is 1.88 bits per heavy atom. The molecule has 0 spiro atoms. The molecule has 7 nitrogen and oxygen atoms in total. The van der Waals surface area contributed by atoms with E-state index in [2.05, 4.69) is 4.98 Å². The maximum atomic E-state index is 10.3. The van der Waals surface area contributed by atoms with Crippen molar-refractivity contribution in [3.05, 3.63) is 24.5 Å². The number of ether oxygens (including phenoxy) is 4. The number of nitrogens with zero attached hydrogens (tertiary/aromatic N) is 1. The second kappa shape index (κ2) is 7.01. The van der Waals surface area contributed by atoms with Gasteiger partial charge in [0.25, 0.3) is 0 Å². The van der Waals surface area contributed by atoms with Gasteiger partial charge in [-0.25, -0.2) is 4.98 Å². The first-order chi connectivity index (χ1) is 12.4. The molecule has 140 valence electrons. The fraction of sp³-hybridized carbons (Fsp3) is 0.421. The number of furan rings is 1. The SMILES string of the molecule is COc1cc2nc3occc3c(OC)c2cc1OC[C@H](O)C(C)(C)OC. The standard InChI is InChI=1S/C19H23NO6/c1-19(2,24-5)16(21)10-26-15-8-12-13(9-14(15)22-3)20-18-11(6-7-25-18)17(12)23-4/h6-9,16,21H,10H2,1-5H3/t16-/m0/s1. The van der Waals surface area contributed by atoms with Gasteiger partial charge in [0.05, 0.1) is 37.0 Å². The van der Waals surface area contributed by atoms with E-state index in [0.29, 0.717) is 28.5 Å². The van der Waals surface area contributed by atoms with Gasteiger partial charge in [0.1, 0.15) is 18.5 Å². The van der Waals surface area contributed by atoms with Crippen molar-refractivity contribution in [2.45, 2.75) is 25.6 Å². The summed E-state index contributed by atoms with van der Waals surface area (Å²) >= 11 is 0. The van der Waals surface area contributed by atoms with E-state index in [0.717, 1.165) is 10.8 Å². The van der Waals surface area contributed by atoms with Crippen LogP contribution in [-0.2, 0) is 4.74 Å². The second-order valence-electron chi connectivity index (χ2n) is 6.44. The molecule has 0 aliphatic carbocycles. The van der Waals surface area contributed by atoms with Gasteiger partial charge >= 0.3 is 0 Å². The number of benzene rings is 1. The smallest absolute Gasteiger partial charge is 0.230 e. The minimum Gasteiger partial charge on any atom is -0.495 e. The van der Waals surface area contributed by atoms with Crippen LogP contribution >= 0.6 is 0 Å². The zero-order valence-corrected chi connectivity index (χ0v) is 15.5. The van der Waals surface area contributed by atoms with Crippen LogP contribution < -0.4 is 14.2 Å². The van der Waals surface area contributed by atoms with E-state index in [4.69, 9.17) is 23.4 Å². The summed E-state index contributed by atoms with van der Waals surface area (Å²) in [5.41, 5.74) is 0.417. The summed E-state index contributed by atoms with van der Waals surface area (Å²) in [5, 5.41) is 11.8. The number of aromatic nitrogens is 1. The summed E-state index contributed by atoms with van der Waals surface area (Å²) in [5.74, 6) is 1.62. The normalized spacial score (nSPS) is 13.2. The molecule has 1 N–H and O–H groups in total. The van der Waals surface area contributed by atoms with Crippen LogP contribution in [0.2, 0.25) is 0 Å². The molecule has 0 aliphatic rings. The summed E-state index contributed by atoms with van der Waals surface area (Å²) in [7, 11) is 4.69. The maximum absolute atomic E-state index is 10.3. The lowest BCUT2D eigenvalue weighted by Crippen LogP contribution is -2.42. The average Bonchev–Trinajstić information content (AvgIpc) is 3.11. The Morgan fingerprint density at radius 3 is 2.54 bits per heavy atom. The Bertz CT molecular complexity index is 917. The molecule has 0 radical (unpaired) electrons. The van der Waals surface area contributed by atoms with Crippen molar-refractivity contribution in [1.29, 1.82) is 0 Å². The average molecular weight is 361 g/mol. The fourth-order valence-corrected chi connectivity index (χ4v) is 2.64. The lowest BCUT2D eigenvalue weighted by molar-refractivity contribution is -0.0916. The molecule has 1 aromatic carbocycles. The molecule has 2 heterocycles. The van der Waals surface area contributed by atoms with Gasteiger partial charge in [-0.3, -0.25) is 0 Å². The monoisotopic (exact) mass is 361 g/mol. The first-order valence-corrected chi connectivity index (χ1v) is 8.20. The van der Waals surface area contributed by atoms with Crippen LogP contribution in [-0.4, -0.2) is 49.7 Å². The van der Waals surface area contributed by atoms with Crippen LogP contribution in [0.3, 0.4) is 0 Å². The van der Waals surface area contributed by atoms with Crippen LogP contribution in [0, 0.1) is 0 Å². The minimum absolute atomic E-state index is 0.0480. The molecule has 3 aromatic rings. The van der Waals surface area contributed by atoms with Gasteiger partial charge < -0.3 is 28.5 Å². The molecule has 26 heavy (non-hydrogen) atoms. The van der Waals surface area contributed by atoms with Crippen LogP contribution in [0.4, 0.5) is 0 Å². The zero-order chi connectivity index (χ0) is 18.9. The van der Waals surface area contributed by atoms with Crippen molar-refractivity contribution >= 4 is 22.0 Å². The fourth-order valence-electron chi connectivity index (χ4n) is 2.64. The molecule has 1 atom stereocenters. The van der Waals surface area contributed by atoms with Crippen LogP contribution in [0.15, 0.2) is 28.9 Å². The van der Waals surface area contributed by atoms with Crippen LogP contribution in [0.5, 0.6) is 17.2 Å². The largest absolute Gasteiger partial charge is 0.495 e. The van der Waals surface area contributed by atoms with Crippen molar-refractivity contribution in [2.24, 2.45) is 0 Å². The molecule has 2 aromatic heterocycles. The highest BCUT2D eigenvalue weighted by Crippen LogP contribution is 2.39. The van der Waals surface area contributed by atoms with Gasteiger partial charge in [0, 0.05) is 18.6 Å². The van der Waals surface area contributed by atoms with Crippen molar-refractivity contribution in [3.8, 4) is 17.2 Å². The molecular formula is C19H23NO6. The summed E-state index contributed by atoms with van der Waals surface area (Å²) in [4.78, 5) is 4.49. The molecule has 0 aliphatic heterocycles. The van der Waals surface area contributed by atoms with Crippen LogP contribution in [0.25, 0.3) is 22.0 Å². The van der Waals surface area contributed by atoms with Gasteiger partial charge in [-0.15, -0.1) is 0 Å². The van der Waals surface area contributed by atoms with Crippen molar-refractivity contribution in [2.75, 3.05) is 27.9 Å². The molecule has 0 amide bonds. The first-order valence-electron chi connectivity index (χ1n) is 8.20. The topological polar surface area (TPSA) is 83.2 Å². The van der Waals surface area contributed by atoms with E-state index >= 15 is 0 Å². The van der Waals surface area contributed by atoms with Gasteiger partial charge in [0.2, 0.25) is 5.71 Å². The number of pyridine rings is 1. The Balaban J connectivity index is 2.03. The Kier molecular flexibility index (Phi) is 4.93. The Morgan fingerprint density at radius 1 is 1.12 bits per heavy atom. The van der Waals surface area contributed by atoms with Gasteiger partial charge in [-0.2, -0.15) is 0 Å². The Labute approximate surface area is 151 Å². The molecule has 3 rings (SSSR count).